The molecule has 0 aromatic heterocycles. The van der Waals surface area contributed by atoms with Gasteiger partial charge in [-0.05, 0) is 72.9 Å². The van der Waals surface area contributed by atoms with Crippen molar-refractivity contribution < 1.29 is 22.7 Å². The minimum absolute atomic E-state index is 0.169. The van der Waals surface area contributed by atoms with E-state index in [4.69, 9.17) is 9.47 Å². The standard InChI is InChI=1S/C27H30N2O5S/c1-28(18-16-20-10-15-25(33-2)26(19-20)34-3)27(30)22-11-13-23(14-12-22)35(31,32)29-17-6-8-21-7-4-5-9-24(21)29/h4-5,7,9-15,19H,6,8,16-18H2,1-3H3. The molecule has 8 heteroatoms. The zero-order valence-corrected chi connectivity index (χ0v) is 21.0. The average Bonchev–Trinajstić information content (AvgIpc) is 2.90. The van der Waals surface area contributed by atoms with Gasteiger partial charge in [-0.15, -0.1) is 0 Å². The highest BCUT2D eigenvalue weighted by Crippen LogP contribution is 2.32. The molecule has 7 nitrogen and oxygen atoms in total. The number of anilines is 1. The molecule has 3 aromatic carbocycles. The van der Waals surface area contributed by atoms with Crippen LogP contribution in [0.5, 0.6) is 11.5 Å². The highest BCUT2D eigenvalue weighted by molar-refractivity contribution is 7.92. The molecule has 0 atom stereocenters. The summed E-state index contributed by atoms with van der Waals surface area (Å²) >= 11 is 0. The van der Waals surface area contributed by atoms with E-state index in [9.17, 15) is 13.2 Å². The van der Waals surface area contributed by atoms with E-state index in [1.807, 2.05) is 42.5 Å². The monoisotopic (exact) mass is 494 g/mol. The molecule has 0 radical (unpaired) electrons. The van der Waals surface area contributed by atoms with E-state index in [1.54, 1.807) is 38.3 Å². The van der Waals surface area contributed by atoms with Gasteiger partial charge in [-0.1, -0.05) is 24.3 Å². The summed E-state index contributed by atoms with van der Waals surface area (Å²) in [6.45, 7) is 0.942. The van der Waals surface area contributed by atoms with Crippen molar-refractivity contribution in [2.45, 2.75) is 24.2 Å². The highest BCUT2D eigenvalue weighted by atomic mass is 32.2. The molecule has 0 saturated carbocycles. The van der Waals surface area contributed by atoms with Crippen molar-refractivity contribution in [3.05, 3.63) is 83.4 Å². The zero-order chi connectivity index (χ0) is 25.0. The highest BCUT2D eigenvalue weighted by Gasteiger charge is 2.29. The maximum absolute atomic E-state index is 13.3. The average molecular weight is 495 g/mol. The van der Waals surface area contributed by atoms with Gasteiger partial charge in [-0.3, -0.25) is 9.10 Å². The Morgan fingerprint density at radius 2 is 1.69 bits per heavy atom. The number of fused-ring (bicyclic) bond motifs is 1. The largest absolute Gasteiger partial charge is 0.493 e. The van der Waals surface area contributed by atoms with Gasteiger partial charge in [-0.25, -0.2) is 8.42 Å². The van der Waals surface area contributed by atoms with E-state index in [0.717, 1.165) is 29.7 Å². The van der Waals surface area contributed by atoms with Crippen LogP contribution >= 0.6 is 0 Å². The number of rotatable bonds is 8. The van der Waals surface area contributed by atoms with Crippen molar-refractivity contribution in [1.29, 1.82) is 0 Å². The second-order valence-electron chi connectivity index (χ2n) is 8.50. The van der Waals surface area contributed by atoms with Crippen molar-refractivity contribution in [2.24, 2.45) is 0 Å². The number of para-hydroxylation sites is 1. The third-order valence-corrected chi connectivity index (χ3v) is 8.11. The minimum Gasteiger partial charge on any atom is -0.493 e. The molecule has 1 heterocycles. The van der Waals surface area contributed by atoms with Crippen LogP contribution in [0.15, 0.2) is 71.6 Å². The number of carbonyl (C=O) groups is 1. The van der Waals surface area contributed by atoms with E-state index in [2.05, 4.69) is 0 Å². The molecule has 0 saturated heterocycles. The molecule has 1 aliphatic rings. The van der Waals surface area contributed by atoms with Gasteiger partial charge < -0.3 is 14.4 Å². The first kappa shape index (κ1) is 24.6. The van der Waals surface area contributed by atoms with Crippen molar-refractivity contribution in [3.63, 3.8) is 0 Å². The summed E-state index contributed by atoms with van der Waals surface area (Å²) in [4.78, 5) is 14.7. The Balaban J connectivity index is 1.44. The molecule has 0 fully saturated rings. The lowest BCUT2D eigenvalue weighted by molar-refractivity contribution is 0.0796. The normalized spacial score (nSPS) is 13.2. The molecule has 4 rings (SSSR count). The maximum Gasteiger partial charge on any atom is 0.264 e. The third kappa shape index (κ3) is 5.12. The summed E-state index contributed by atoms with van der Waals surface area (Å²) in [6.07, 6.45) is 2.28. The van der Waals surface area contributed by atoms with Gasteiger partial charge >= 0.3 is 0 Å². The van der Waals surface area contributed by atoms with E-state index in [-0.39, 0.29) is 10.8 Å². The van der Waals surface area contributed by atoms with Crippen LogP contribution in [0.2, 0.25) is 0 Å². The Bertz CT molecular complexity index is 1310. The van der Waals surface area contributed by atoms with Gasteiger partial charge in [0.1, 0.15) is 0 Å². The second-order valence-corrected chi connectivity index (χ2v) is 10.4. The number of hydrogen-bond acceptors (Lipinski definition) is 5. The van der Waals surface area contributed by atoms with Crippen molar-refractivity contribution in [3.8, 4) is 11.5 Å². The fraction of sp³-hybridized carbons (Fsp3) is 0.296. The third-order valence-electron chi connectivity index (χ3n) is 6.29. The molecule has 3 aromatic rings. The lowest BCUT2D eigenvalue weighted by Gasteiger charge is -2.30. The molecule has 1 amide bonds. The van der Waals surface area contributed by atoms with E-state index < -0.39 is 10.0 Å². The summed E-state index contributed by atoms with van der Waals surface area (Å²) in [5.41, 5.74) is 3.22. The first-order valence-corrected chi connectivity index (χ1v) is 13.0. The van der Waals surface area contributed by atoms with Gasteiger partial charge in [0.15, 0.2) is 11.5 Å². The zero-order valence-electron chi connectivity index (χ0n) is 20.2. The number of ether oxygens (including phenoxy) is 2. The van der Waals surface area contributed by atoms with Crippen molar-refractivity contribution in [2.75, 3.05) is 38.7 Å². The van der Waals surface area contributed by atoms with Crippen LogP contribution in [0.3, 0.4) is 0 Å². The lowest BCUT2D eigenvalue weighted by atomic mass is 10.0. The molecule has 0 unspecified atom stereocenters. The summed E-state index contributed by atoms with van der Waals surface area (Å²) in [5, 5.41) is 0. The Kier molecular flexibility index (Phi) is 7.31. The summed E-state index contributed by atoms with van der Waals surface area (Å²) in [5.74, 6) is 1.13. The number of amides is 1. The molecule has 0 aliphatic carbocycles. The predicted octanol–water partition coefficient (Wildman–Crippen LogP) is 4.16. The number of hydrogen-bond donors (Lipinski definition) is 0. The first-order valence-electron chi connectivity index (χ1n) is 11.5. The fourth-order valence-corrected chi connectivity index (χ4v) is 5.84. The number of nitrogens with zero attached hydrogens (tertiary/aromatic N) is 2. The Morgan fingerprint density at radius 3 is 2.40 bits per heavy atom. The van der Waals surface area contributed by atoms with Gasteiger partial charge in [0.05, 0.1) is 24.8 Å². The van der Waals surface area contributed by atoms with E-state index >= 15 is 0 Å². The molecule has 0 N–H and O–H groups in total. The number of sulfonamides is 1. The van der Waals surface area contributed by atoms with Crippen molar-refractivity contribution >= 4 is 21.6 Å². The number of methoxy groups -OCH3 is 2. The van der Waals surface area contributed by atoms with Crippen LogP contribution in [-0.2, 0) is 22.9 Å². The molecular formula is C27H30N2O5S. The maximum atomic E-state index is 13.3. The van der Waals surface area contributed by atoms with Gasteiger partial charge in [0.2, 0.25) is 0 Å². The number of likely N-dealkylation sites (N-methyl/N-ethyl adjacent to an activating group) is 1. The molecular weight excluding hydrogens is 464 g/mol. The van der Waals surface area contributed by atoms with Crippen molar-refractivity contribution in [1.82, 2.24) is 4.90 Å². The quantitative estimate of drug-likeness (QED) is 0.470. The predicted molar refractivity (Wildman–Crippen MR) is 136 cm³/mol. The number of benzene rings is 3. The van der Waals surface area contributed by atoms with Crippen LogP contribution in [-0.4, -0.2) is 53.6 Å². The fourth-order valence-electron chi connectivity index (χ4n) is 4.30. The molecule has 184 valence electrons. The molecule has 35 heavy (non-hydrogen) atoms. The molecule has 1 aliphatic heterocycles. The van der Waals surface area contributed by atoms with Gasteiger partial charge in [0.25, 0.3) is 15.9 Å². The first-order chi connectivity index (χ1) is 16.8. The number of aryl methyl sites for hydroxylation is 1. The Hall–Kier alpha value is -3.52. The second kappa shape index (κ2) is 10.4. The minimum atomic E-state index is -3.71. The summed E-state index contributed by atoms with van der Waals surface area (Å²) < 4.78 is 38.7. The van der Waals surface area contributed by atoms with Crippen LogP contribution < -0.4 is 13.8 Å². The SMILES string of the molecule is COc1ccc(CCN(C)C(=O)c2ccc(S(=O)(=O)N3CCCc4ccccc43)cc2)cc1OC. The smallest absolute Gasteiger partial charge is 0.264 e. The summed E-state index contributed by atoms with van der Waals surface area (Å²) in [7, 11) is 1.20. The summed E-state index contributed by atoms with van der Waals surface area (Å²) in [6, 6.07) is 19.5. The van der Waals surface area contributed by atoms with Gasteiger partial charge in [-0.2, -0.15) is 0 Å². The molecule has 0 bridgehead atoms. The van der Waals surface area contributed by atoms with E-state index in [1.165, 1.54) is 16.4 Å². The van der Waals surface area contributed by atoms with E-state index in [0.29, 0.717) is 36.6 Å². The van der Waals surface area contributed by atoms with Crippen LogP contribution in [0.1, 0.15) is 27.9 Å². The van der Waals surface area contributed by atoms with Crippen LogP contribution in [0, 0.1) is 0 Å². The molecule has 0 spiro atoms. The van der Waals surface area contributed by atoms with Crippen LogP contribution in [0.25, 0.3) is 0 Å². The Morgan fingerprint density at radius 1 is 0.971 bits per heavy atom. The topological polar surface area (TPSA) is 76.2 Å². The number of carbonyl (C=O) groups excluding carboxylic acids is 1. The van der Waals surface area contributed by atoms with Crippen LogP contribution in [0.4, 0.5) is 5.69 Å². The van der Waals surface area contributed by atoms with Gasteiger partial charge in [0, 0.05) is 25.7 Å². The Labute approximate surface area is 206 Å². The lowest BCUT2D eigenvalue weighted by Crippen LogP contribution is -2.35.